The Morgan fingerprint density at radius 1 is 1.03 bits per heavy atom. The highest BCUT2D eigenvalue weighted by molar-refractivity contribution is 7.85. The standard InChI is InChI=1S/C28H29N3O5S/c29-27(30)21-8-6-19(7-9-21)20-10-12-24(13-11-20)36-18-23-16-22(17-26(32)33)28(34)31(23)14-15-37(35)25-4-2-1-3-5-25/h1-13,22-23H,14-18H2,(H3,29,30)(H,32,33)/t22-,23-,37?/m0/s1. The van der Waals surface area contributed by atoms with Gasteiger partial charge in [0.2, 0.25) is 5.91 Å². The number of rotatable bonds is 11. The number of nitrogens with one attached hydrogen (secondary N) is 1. The van der Waals surface area contributed by atoms with Crippen LogP contribution in [0.4, 0.5) is 0 Å². The summed E-state index contributed by atoms with van der Waals surface area (Å²) in [5.74, 6) is -0.942. The molecule has 0 bridgehead atoms. The molecule has 0 saturated carbocycles. The average molecular weight is 520 g/mol. The van der Waals surface area contributed by atoms with Crippen molar-refractivity contribution in [1.29, 1.82) is 5.41 Å². The summed E-state index contributed by atoms with van der Waals surface area (Å²) in [5, 5.41) is 16.7. The van der Waals surface area contributed by atoms with E-state index >= 15 is 0 Å². The molecule has 4 N–H and O–H groups in total. The van der Waals surface area contributed by atoms with E-state index in [0.717, 1.165) is 11.1 Å². The molecule has 3 aromatic carbocycles. The van der Waals surface area contributed by atoms with Crippen molar-refractivity contribution in [2.24, 2.45) is 11.7 Å². The molecule has 1 saturated heterocycles. The van der Waals surface area contributed by atoms with Gasteiger partial charge in [-0.25, -0.2) is 0 Å². The molecule has 0 spiro atoms. The van der Waals surface area contributed by atoms with Crippen LogP contribution in [0.5, 0.6) is 5.75 Å². The van der Waals surface area contributed by atoms with Crippen molar-refractivity contribution in [2.45, 2.75) is 23.8 Å². The molecule has 0 radical (unpaired) electrons. The fraction of sp³-hybridized carbons (Fsp3) is 0.250. The summed E-state index contributed by atoms with van der Waals surface area (Å²) in [6, 6.07) is 23.7. The van der Waals surface area contributed by atoms with E-state index < -0.39 is 22.7 Å². The van der Waals surface area contributed by atoms with Crippen LogP contribution in [0.25, 0.3) is 11.1 Å². The number of carboxylic acids is 1. The van der Waals surface area contributed by atoms with Gasteiger partial charge in [0.25, 0.3) is 0 Å². The van der Waals surface area contributed by atoms with Crippen molar-refractivity contribution in [3.8, 4) is 16.9 Å². The number of amides is 1. The first-order chi connectivity index (χ1) is 17.8. The molecule has 0 aliphatic carbocycles. The fourth-order valence-corrected chi connectivity index (χ4v) is 5.51. The van der Waals surface area contributed by atoms with Crippen molar-refractivity contribution in [1.82, 2.24) is 4.90 Å². The molecule has 9 heteroatoms. The molecular formula is C28H29N3O5S. The highest BCUT2D eigenvalue weighted by Crippen LogP contribution is 2.29. The van der Waals surface area contributed by atoms with Gasteiger partial charge in [-0.15, -0.1) is 0 Å². The first-order valence-corrected chi connectivity index (χ1v) is 13.3. The number of nitrogens with zero attached hydrogens (tertiary/aromatic N) is 1. The van der Waals surface area contributed by atoms with Gasteiger partial charge in [0.05, 0.1) is 29.2 Å². The smallest absolute Gasteiger partial charge is 0.304 e. The van der Waals surface area contributed by atoms with Gasteiger partial charge in [-0.05, 0) is 41.8 Å². The molecule has 1 aliphatic heterocycles. The van der Waals surface area contributed by atoms with Crippen molar-refractivity contribution >= 4 is 28.5 Å². The number of hydrogen-bond acceptors (Lipinski definition) is 5. The lowest BCUT2D eigenvalue weighted by molar-refractivity contribution is -0.142. The van der Waals surface area contributed by atoms with Gasteiger partial charge < -0.3 is 20.5 Å². The number of nitrogens with two attached hydrogens (primary N) is 1. The molecule has 192 valence electrons. The summed E-state index contributed by atoms with van der Waals surface area (Å²) in [5.41, 5.74) is 8.13. The Kier molecular flexibility index (Phi) is 8.35. The van der Waals surface area contributed by atoms with E-state index in [-0.39, 0.29) is 43.1 Å². The number of ether oxygens (including phenoxy) is 1. The molecule has 8 nitrogen and oxygen atoms in total. The predicted octanol–water partition coefficient (Wildman–Crippen LogP) is 3.52. The zero-order valence-corrected chi connectivity index (χ0v) is 21.0. The van der Waals surface area contributed by atoms with Crippen molar-refractivity contribution in [2.75, 3.05) is 18.9 Å². The summed E-state index contributed by atoms with van der Waals surface area (Å²) in [6.45, 7) is 0.478. The Bertz CT molecular complexity index is 1280. The quantitative estimate of drug-likeness (QED) is 0.262. The molecular weight excluding hydrogens is 490 g/mol. The predicted molar refractivity (Wildman–Crippen MR) is 142 cm³/mol. The van der Waals surface area contributed by atoms with Gasteiger partial charge >= 0.3 is 5.97 Å². The third-order valence-corrected chi connectivity index (χ3v) is 7.75. The van der Waals surface area contributed by atoms with Crippen molar-refractivity contribution in [3.63, 3.8) is 0 Å². The maximum absolute atomic E-state index is 13.0. The molecule has 3 aromatic rings. The van der Waals surface area contributed by atoms with Gasteiger partial charge in [0.1, 0.15) is 18.2 Å². The highest BCUT2D eigenvalue weighted by Gasteiger charge is 2.40. The van der Waals surface area contributed by atoms with Crippen LogP contribution < -0.4 is 10.5 Å². The van der Waals surface area contributed by atoms with Gasteiger partial charge in [-0.3, -0.25) is 19.2 Å². The van der Waals surface area contributed by atoms with Crippen LogP contribution in [0.2, 0.25) is 0 Å². The third-order valence-electron chi connectivity index (χ3n) is 6.40. The van der Waals surface area contributed by atoms with Crippen LogP contribution in [-0.2, 0) is 20.4 Å². The van der Waals surface area contributed by atoms with Gasteiger partial charge in [-0.1, -0.05) is 54.6 Å². The number of carbonyl (C=O) groups excluding carboxylic acids is 1. The van der Waals surface area contributed by atoms with Gasteiger partial charge in [0, 0.05) is 22.8 Å². The lowest BCUT2D eigenvalue weighted by Crippen LogP contribution is -2.40. The normalized spacial score (nSPS) is 17.9. The molecule has 1 fully saturated rings. The second-order valence-electron chi connectivity index (χ2n) is 8.91. The summed E-state index contributed by atoms with van der Waals surface area (Å²) < 4.78 is 18.7. The van der Waals surface area contributed by atoms with Gasteiger partial charge in [0.15, 0.2) is 0 Å². The Morgan fingerprint density at radius 3 is 2.24 bits per heavy atom. The van der Waals surface area contributed by atoms with E-state index in [1.807, 2.05) is 54.6 Å². The molecule has 1 heterocycles. The maximum Gasteiger partial charge on any atom is 0.304 e. The van der Waals surface area contributed by atoms with Crippen molar-refractivity contribution in [3.05, 3.63) is 84.4 Å². The summed E-state index contributed by atoms with van der Waals surface area (Å²) in [4.78, 5) is 26.6. The molecule has 1 unspecified atom stereocenters. The Labute approximate surface area is 218 Å². The zero-order valence-electron chi connectivity index (χ0n) is 20.2. The molecule has 0 aromatic heterocycles. The van der Waals surface area contributed by atoms with Crippen LogP contribution in [0.1, 0.15) is 18.4 Å². The first-order valence-electron chi connectivity index (χ1n) is 11.9. The number of carbonyl (C=O) groups is 2. The molecule has 37 heavy (non-hydrogen) atoms. The van der Waals surface area contributed by atoms with Crippen LogP contribution >= 0.6 is 0 Å². The largest absolute Gasteiger partial charge is 0.491 e. The third kappa shape index (κ3) is 6.62. The Balaban J connectivity index is 1.40. The fourth-order valence-electron chi connectivity index (χ4n) is 4.45. The number of likely N-dealkylation sites (tertiary alicyclic amines) is 1. The van der Waals surface area contributed by atoms with E-state index in [0.29, 0.717) is 22.6 Å². The van der Waals surface area contributed by atoms with Crippen LogP contribution in [0.3, 0.4) is 0 Å². The number of nitrogen functional groups attached to an aromatic ring is 1. The monoisotopic (exact) mass is 519 g/mol. The lowest BCUT2D eigenvalue weighted by atomic mass is 10.0. The van der Waals surface area contributed by atoms with Gasteiger partial charge in [-0.2, -0.15) is 0 Å². The first kappa shape index (κ1) is 26.1. The van der Waals surface area contributed by atoms with E-state index in [1.165, 1.54) is 0 Å². The molecule has 1 amide bonds. The number of benzene rings is 3. The minimum absolute atomic E-state index is 0.0200. The van der Waals surface area contributed by atoms with E-state index in [9.17, 15) is 18.9 Å². The summed E-state index contributed by atoms with van der Waals surface area (Å²) in [7, 11) is -1.27. The SMILES string of the molecule is N=C(N)c1ccc(-c2ccc(OC[C@@H]3C[C@@H](CC(=O)O)C(=O)N3CCS(=O)c3ccccc3)cc2)cc1. The number of amidine groups is 1. The zero-order chi connectivity index (χ0) is 26.4. The number of aliphatic carboxylic acids is 1. The molecule has 3 atom stereocenters. The molecule has 4 rings (SSSR count). The van der Waals surface area contributed by atoms with E-state index in [1.54, 1.807) is 29.2 Å². The minimum Gasteiger partial charge on any atom is -0.491 e. The average Bonchev–Trinajstić information content (AvgIpc) is 3.20. The second-order valence-corrected chi connectivity index (χ2v) is 10.5. The van der Waals surface area contributed by atoms with E-state index in [2.05, 4.69) is 0 Å². The Morgan fingerprint density at radius 2 is 1.65 bits per heavy atom. The van der Waals surface area contributed by atoms with Crippen LogP contribution in [0.15, 0.2) is 83.8 Å². The highest BCUT2D eigenvalue weighted by atomic mass is 32.2. The maximum atomic E-state index is 13.0. The lowest BCUT2D eigenvalue weighted by Gasteiger charge is -2.25. The van der Waals surface area contributed by atoms with Crippen LogP contribution in [-0.4, -0.2) is 56.9 Å². The van der Waals surface area contributed by atoms with Crippen LogP contribution in [0, 0.1) is 11.3 Å². The number of carboxylic acid groups (broad SMARTS) is 1. The Hall–Kier alpha value is -3.98. The molecule has 1 aliphatic rings. The summed E-state index contributed by atoms with van der Waals surface area (Å²) >= 11 is 0. The topological polar surface area (TPSA) is 134 Å². The summed E-state index contributed by atoms with van der Waals surface area (Å²) in [6.07, 6.45) is 0.147. The minimum atomic E-state index is -1.27. The number of hydrogen-bond donors (Lipinski definition) is 3. The van der Waals surface area contributed by atoms with E-state index in [4.69, 9.17) is 15.9 Å². The second kappa shape index (κ2) is 11.8. The van der Waals surface area contributed by atoms with Crippen molar-refractivity contribution < 1.29 is 23.6 Å².